The molecular weight excluding hydrogens is 280 g/mol. The van der Waals surface area contributed by atoms with Crippen molar-refractivity contribution in [3.63, 3.8) is 0 Å². The molecule has 0 radical (unpaired) electrons. The molecule has 0 saturated heterocycles. The largest absolute Gasteiger partial charge is 0.369 e. The number of aryl methyl sites for hydroxylation is 2. The van der Waals surface area contributed by atoms with Crippen molar-refractivity contribution in [1.29, 1.82) is 0 Å². The molecule has 2 aromatic heterocycles. The zero-order chi connectivity index (χ0) is 13.7. The summed E-state index contributed by atoms with van der Waals surface area (Å²) in [5, 5.41) is 6.97. The van der Waals surface area contributed by atoms with Gasteiger partial charge in [-0.3, -0.25) is 0 Å². The van der Waals surface area contributed by atoms with Crippen LogP contribution in [0.2, 0.25) is 5.15 Å². The van der Waals surface area contributed by atoms with Gasteiger partial charge in [0.1, 0.15) is 16.8 Å². The Morgan fingerprint density at radius 1 is 1.26 bits per heavy atom. The summed E-state index contributed by atoms with van der Waals surface area (Å²) in [6.07, 6.45) is 2.75. The van der Waals surface area contributed by atoms with Crippen molar-refractivity contribution in [1.82, 2.24) is 15.0 Å². The van der Waals surface area contributed by atoms with Crippen LogP contribution >= 0.6 is 22.9 Å². The lowest BCUT2D eigenvalue weighted by atomic mass is 10.3. The third-order valence-electron chi connectivity index (χ3n) is 2.53. The fourth-order valence-electron chi connectivity index (χ4n) is 1.71. The summed E-state index contributed by atoms with van der Waals surface area (Å²) >= 11 is 7.67. The fourth-order valence-corrected chi connectivity index (χ4v) is 2.68. The van der Waals surface area contributed by atoms with Crippen LogP contribution < -0.4 is 5.32 Å². The van der Waals surface area contributed by atoms with Gasteiger partial charge >= 0.3 is 0 Å². The molecule has 0 aliphatic carbocycles. The molecule has 0 unspecified atom stereocenters. The maximum absolute atomic E-state index is 5.98. The highest BCUT2D eigenvalue weighted by molar-refractivity contribution is 7.09. The molecule has 0 aromatic carbocycles. The van der Waals surface area contributed by atoms with E-state index in [-0.39, 0.29) is 0 Å². The van der Waals surface area contributed by atoms with Crippen LogP contribution in [0.5, 0.6) is 0 Å². The molecule has 2 heterocycles. The topological polar surface area (TPSA) is 50.7 Å². The van der Waals surface area contributed by atoms with Gasteiger partial charge in [-0.2, -0.15) is 0 Å². The maximum Gasteiger partial charge on any atom is 0.134 e. The van der Waals surface area contributed by atoms with Gasteiger partial charge in [-0.25, -0.2) is 15.0 Å². The number of aromatic nitrogens is 3. The monoisotopic (exact) mass is 296 g/mol. The predicted octanol–water partition coefficient (Wildman–Crippen LogP) is 3.50. The minimum atomic E-state index is 0.492. The zero-order valence-corrected chi connectivity index (χ0v) is 12.7. The molecule has 0 bridgehead atoms. The number of halogens is 1. The van der Waals surface area contributed by atoms with Gasteiger partial charge in [0.15, 0.2) is 0 Å². The van der Waals surface area contributed by atoms with Crippen LogP contribution in [-0.2, 0) is 12.8 Å². The highest BCUT2D eigenvalue weighted by Crippen LogP contribution is 2.13. The van der Waals surface area contributed by atoms with E-state index in [2.05, 4.69) is 32.6 Å². The van der Waals surface area contributed by atoms with E-state index in [1.54, 1.807) is 17.4 Å². The molecule has 0 spiro atoms. The molecule has 4 nitrogen and oxygen atoms in total. The average molecular weight is 297 g/mol. The average Bonchev–Trinajstić information content (AvgIpc) is 2.75. The number of anilines is 1. The molecule has 0 atom stereocenters. The molecule has 19 heavy (non-hydrogen) atoms. The Morgan fingerprint density at radius 3 is 2.79 bits per heavy atom. The van der Waals surface area contributed by atoms with Crippen LogP contribution in [0.3, 0.4) is 0 Å². The maximum atomic E-state index is 5.98. The van der Waals surface area contributed by atoms with Gasteiger partial charge in [0.05, 0.1) is 5.01 Å². The smallest absolute Gasteiger partial charge is 0.134 e. The van der Waals surface area contributed by atoms with Gasteiger partial charge in [-0.15, -0.1) is 11.3 Å². The van der Waals surface area contributed by atoms with E-state index in [1.165, 1.54) is 0 Å². The lowest BCUT2D eigenvalue weighted by Gasteiger charge is -2.06. The molecule has 2 aromatic rings. The molecule has 2 rings (SSSR count). The normalized spacial score (nSPS) is 10.7. The lowest BCUT2D eigenvalue weighted by Crippen LogP contribution is -2.08. The van der Waals surface area contributed by atoms with Crippen molar-refractivity contribution in [3.05, 3.63) is 33.1 Å². The van der Waals surface area contributed by atoms with Crippen LogP contribution in [0.4, 0.5) is 5.82 Å². The number of nitrogens with zero attached hydrogens (tertiary/aromatic N) is 3. The van der Waals surface area contributed by atoms with Crippen molar-refractivity contribution in [2.45, 2.75) is 33.1 Å². The highest BCUT2D eigenvalue weighted by atomic mass is 35.5. The van der Waals surface area contributed by atoms with Crippen LogP contribution in [0.25, 0.3) is 0 Å². The molecule has 6 heteroatoms. The van der Waals surface area contributed by atoms with Crippen LogP contribution in [0.1, 0.15) is 29.9 Å². The molecule has 0 fully saturated rings. The van der Waals surface area contributed by atoms with E-state index in [0.717, 1.165) is 48.2 Å². The number of nitrogens with one attached hydrogen (secondary N) is 1. The Bertz CT molecular complexity index is 541. The molecule has 0 saturated carbocycles. The van der Waals surface area contributed by atoms with Gasteiger partial charge in [-0.05, 0) is 13.3 Å². The SMILES string of the molecule is CCCc1nc(Cl)cc(NCCc2nc(C)cs2)n1. The van der Waals surface area contributed by atoms with Crippen LogP contribution in [0, 0.1) is 6.92 Å². The summed E-state index contributed by atoms with van der Waals surface area (Å²) in [6, 6.07) is 1.76. The van der Waals surface area contributed by atoms with Gasteiger partial charge in [0.25, 0.3) is 0 Å². The summed E-state index contributed by atoms with van der Waals surface area (Å²) in [5.41, 5.74) is 1.08. The Balaban J connectivity index is 1.91. The molecule has 0 aliphatic rings. The number of thiazole rings is 1. The minimum absolute atomic E-state index is 0.492. The first-order valence-electron chi connectivity index (χ1n) is 6.35. The minimum Gasteiger partial charge on any atom is -0.369 e. The highest BCUT2D eigenvalue weighted by Gasteiger charge is 2.03. The van der Waals surface area contributed by atoms with E-state index in [0.29, 0.717) is 5.15 Å². The van der Waals surface area contributed by atoms with Crippen molar-refractivity contribution in [2.24, 2.45) is 0 Å². The van der Waals surface area contributed by atoms with E-state index in [1.807, 2.05) is 6.92 Å². The third kappa shape index (κ3) is 4.44. The zero-order valence-electron chi connectivity index (χ0n) is 11.1. The first-order valence-corrected chi connectivity index (χ1v) is 7.61. The third-order valence-corrected chi connectivity index (χ3v) is 3.75. The second-order valence-electron chi connectivity index (χ2n) is 4.30. The molecule has 0 amide bonds. The Kier molecular flexibility index (Phi) is 5.10. The quantitative estimate of drug-likeness (QED) is 0.829. The standard InChI is InChI=1S/C13H17ClN4S/c1-3-4-11-17-10(14)7-12(18-11)15-6-5-13-16-9(2)8-19-13/h7-8H,3-6H2,1-2H3,(H,15,17,18). The van der Waals surface area contributed by atoms with E-state index in [9.17, 15) is 0 Å². The fraction of sp³-hybridized carbons (Fsp3) is 0.462. The number of hydrogen-bond acceptors (Lipinski definition) is 5. The van der Waals surface area contributed by atoms with Crippen molar-refractivity contribution < 1.29 is 0 Å². The van der Waals surface area contributed by atoms with E-state index >= 15 is 0 Å². The molecule has 0 aliphatic heterocycles. The first-order chi connectivity index (χ1) is 9.17. The van der Waals surface area contributed by atoms with E-state index in [4.69, 9.17) is 11.6 Å². The molecule has 102 valence electrons. The van der Waals surface area contributed by atoms with Crippen molar-refractivity contribution in [3.8, 4) is 0 Å². The molecule has 1 N–H and O–H groups in total. The van der Waals surface area contributed by atoms with Crippen LogP contribution in [-0.4, -0.2) is 21.5 Å². The summed E-state index contributed by atoms with van der Waals surface area (Å²) in [6.45, 7) is 4.91. The van der Waals surface area contributed by atoms with E-state index < -0.39 is 0 Å². The summed E-state index contributed by atoms with van der Waals surface area (Å²) < 4.78 is 0. The Hall–Kier alpha value is -1.20. The number of hydrogen-bond donors (Lipinski definition) is 1. The lowest BCUT2D eigenvalue weighted by molar-refractivity contribution is 0.833. The molecular formula is C13H17ClN4S. The van der Waals surface area contributed by atoms with Gasteiger partial charge in [-0.1, -0.05) is 18.5 Å². The number of rotatable bonds is 6. The second-order valence-corrected chi connectivity index (χ2v) is 5.63. The summed E-state index contributed by atoms with van der Waals surface area (Å²) in [5.74, 6) is 1.58. The summed E-state index contributed by atoms with van der Waals surface area (Å²) in [7, 11) is 0. The van der Waals surface area contributed by atoms with Gasteiger partial charge in [0.2, 0.25) is 0 Å². The van der Waals surface area contributed by atoms with Gasteiger partial charge in [0, 0.05) is 36.5 Å². The van der Waals surface area contributed by atoms with Gasteiger partial charge < -0.3 is 5.32 Å². The van der Waals surface area contributed by atoms with Crippen LogP contribution in [0.15, 0.2) is 11.4 Å². The first kappa shape index (κ1) is 14.2. The Morgan fingerprint density at radius 2 is 2.11 bits per heavy atom. The second kappa shape index (κ2) is 6.82. The summed E-state index contributed by atoms with van der Waals surface area (Å²) in [4.78, 5) is 13.1. The van der Waals surface area contributed by atoms with Crippen molar-refractivity contribution >= 4 is 28.8 Å². The predicted molar refractivity (Wildman–Crippen MR) is 80.1 cm³/mol. The Labute approximate surface area is 122 Å². The van der Waals surface area contributed by atoms with Crippen molar-refractivity contribution in [2.75, 3.05) is 11.9 Å².